The second-order valence-corrected chi connectivity index (χ2v) is 9.84. The number of anilines is 4. The number of amides is 1. The summed E-state index contributed by atoms with van der Waals surface area (Å²) in [5.41, 5.74) is 3.99. The molecule has 0 bridgehead atoms. The first-order chi connectivity index (χ1) is 17.3. The van der Waals surface area contributed by atoms with Crippen LogP contribution in [-0.2, 0) is 17.4 Å². The number of fused-ring (bicyclic) bond motifs is 2. The maximum Gasteiger partial charge on any atom is 0.256 e. The zero-order chi connectivity index (χ0) is 25.3. The fraction of sp³-hybridized carbons (Fsp3) is 0.370. The van der Waals surface area contributed by atoms with Crippen LogP contribution in [0.3, 0.4) is 0 Å². The lowest BCUT2D eigenvalue weighted by atomic mass is 9.91. The van der Waals surface area contributed by atoms with E-state index in [0.717, 1.165) is 18.7 Å². The van der Waals surface area contributed by atoms with Gasteiger partial charge in [-0.3, -0.25) is 4.79 Å². The number of nitriles is 1. The van der Waals surface area contributed by atoms with Crippen molar-refractivity contribution in [3.63, 3.8) is 0 Å². The summed E-state index contributed by atoms with van der Waals surface area (Å²) in [6.45, 7) is 6.94. The summed E-state index contributed by atoms with van der Waals surface area (Å²) in [6, 6.07) is 14.1. The van der Waals surface area contributed by atoms with Crippen molar-refractivity contribution in [1.29, 1.82) is 5.26 Å². The molecule has 9 heteroatoms. The van der Waals surface area contributed by atoms with Gasteiger partial charge in [-0.25, -0.2) is 9.97 Å². The summed E-state index contributed by atoms with van der Waals surface area (Å²) in [7, 11) is 0. The van der Waals surface area contributed by atoms with Crippen LogP contribution >= 0.6 is 0 Å². The minimum Gasteiger partial charge on any atom is -0.352 e. The third-order valence-electron chi connectivity index (χ3n) is 6.77. The summed E-state index contributed by atoms with van der Waals surface area (Å²) in [5, 5.41) is 22.4. The van der Waals surface area contributed by atoms with Crippen LogP contribution in [0.15, 0.2) is 42.6 Å². The molecule has 2 aliphatic rings. The van der Waals surface area contributed by atoms with Crippen LogP contribution < -0.4 is 21.3 Å². The smallest absolute Gasteiger partial charge is 0.256 e. The van der Waals surface area contributed by atoms with Crippen molar-refractivity contribution in [2.45, 2.75) is 51.0 Å². The standard InChI is InChI=1S/C27H30N8O/c1-4-29-24(36)19-15-30-25(32-18-8-9-20-17(14-18)10-13-31-27(20)11-12-27)35-23(19)34-22-7-5-6-21(33-22)26(2,3)16-28/h5-9,14-15,31H,4,10-13H2,1-3H3,(H,29,36)(H2,30,32,33,34,35). The predicted octanol–water partition coefficient (Wildman–Crippen LogP) is 4.04. The Morgan fingerprint density at radius 1 is 1.19 bits per heavy atom. The molecule has 0 saturated heterocycles. The molecule has 184 valence electrons. The first kappa shape index (κ1) is 23.7. The zero-order valence-corrected chi connectivity index (χ0v) is 20.8. The molecule has 1 aliphatic carbocycles. The number of hydrogen-bond donors (Lipinski definition) is 4. The van der Waals surface area contributed by atoms with E-state index in [-0.39, 0.29) is 11.4 Å². The molecule has 0 radical (unpaired) electrons. The van der Waals surface area contributed by atoms with Gasteiger partial charge in [0.05, 0.1) is 17.2 Å². The fourth-order valence-corrected chi connectivity index (χ4v) is 4.57. The highest BCUT2D eigenvalue weighted by molar-refractivity contribution is 5.99. The predicted molar refractivity (Wildman–Crippen MR) is 139 cm³/mol. The summed E-state index contributed by atoms with van der Waals surface area (Å²) in [4.78, 5) is 26.3. The minimum atomic E-state index is -0.750. The SMILES string of the molecule is CCNC(=O)c1cnc(Nc2ccc3c(c2)CCNC32CC2)nc1Nc1cccc(C(C)(C)C#N)n1. The Morgan fingerprint density at radius 2 is 2.03 bits per heavy atom. The monoisotopic (exact) mass is 482 g/mol. The van der Waals surface area contributed by atoms with Gasteiger partial charge in [0.15, 0.2) is 0 Å². The third-order valence-corrected chi connectivity index (χ3v) is 6.77. The van der Waals surface area contributed by atoms with Crippen molar-refractivity contribution < 1.29 is 4.79 Å². The van der Waals surface area contributed by atoms with Crippen molar-refractivity contribution in [2.75, 3.05) is 23.7 Å². The van der Waals surface area contributed by atoms with Crippen molar-refractivity contribution in [2.24, 2.45) is 0 Å². The summed E-state index contributed by atoms with van der Waals surface area (Å²) in [6.07, 6.45) is 4.87. The molecule has 3 aromatic rings. The minimum absolute atomic E-state index is 0.176. The average molecular weight is 483 g/mol. The lowest BCUT2D eigenvalue weighted by molar-refractivity contribution is 0.0956. The van der Waals surface area contributed by atoms with E-state index in [1.54, 1.807) is 6.07 Å². The molecule has 1 spiro atoms. The highest BCUT2D eigenvalue weighted by Crippen LogP contribution is 2.48. The number of aromatic nitrogens is 3. The molecule has 4 N–H and O–H groups in total. The Hall–Kier alpha value is -4.03. The molecule has 1 saturated carbocycles. The van der Waals surface area contributed by atoms with Gasteiger partial charge in [0.25, 0.3) is 5.91 Å². The normalized spacial score (nSPS) is 15.5. The van der Waals surface area contributed by atoms with E-state index in [1.165, 1.54) is 30.2 Å². The van der Waals surface area contributed by atoms with Gasteiger partial charge in [0, 0.05) is 30.5 Å². The summed E-state index contributed by atoms with van der Waals surface area (Å²) in [5.74, 6) is 0.907. The maximum absolute atomic E-state index is 12.7. The lowest BCUT2D eigenvalue weighted by Crippen LogP contribution is -2.36. The third kappa shape index (κ3) is 4.60. The van der Waals surface area contributed by atoms with Gasteiger partial charge in [-0.2, -0.15) is 10.2 Å². The van der Waals surface area contributed by atoms with E-state index < -0.39 is 5.41 Å². The number of hydrogen-bond acceptors (Lipinski definition) is 8. The van der Waals surface area contributed by atoms with Gasteiger partial charge in [-0.1, -0.05) is 12.1 Å². The number of pyridine rings is 1. The first-order valence-corrected chi connectivity index (χ1v) is 12.3. The Kier molecular flexibility index (Phi) is 6.06. The van der Waals surface area contributed by atoms with Gasteiger partial charge < -0.3 is 21.3 Å². The van der Waals surface area contributed by atoms with Crippen LogP contribution in [0.5, 0.6) is 0 Å². The van der Waals surface area contributed by atoms with E-state index in [0.29, 0.717) is 35.4 Å². The molecular weight excluding hydrogens is 452 g/mol. The van der Waals surface area contributed by atoms with E-state index >= 15 is 0 Å². The van der Waals surface area contributed by atoms with Crippen molar-refractivity contribution >= 4 is 29.2 Å². The molecule has 5 rings (SSSR count). The molecule has 1 aromatic carbocycles. The van der Waals surface area contributed by atoms with E-state index in [1.807, 2.05) is 32.9 Å². The van der Waals surface area contributed by atoms with Crippen LogP contribution in [0.1, 0.15) is 60.8 Å². The van der Waals surface area contributed by atoms with Gasteiger partial charge in [0.2, 0.25) is 5.95 Å². The largest absolute Gasteiger partial charge is 0.352 e. The molecule has 3 heterocycles. The number of nitrogens with zero attached hydrogens (tertiary/aromatic N) is 4. The Balaban J connectivity index is 1.44. The summed E-state index contributed by atoms with van der Waals surface area (Å²) < 4.78 is 0. The van der Waals surface area contributed by atoms with Crippen molar-refractivity contribution in [3.8, 4) is 6.07 Å². The van der Waals surface area contributed by atoms with Crippen molar-refractivity contribution in [3.05, 3.63) is 65.0 Å². The van der Waals surface area contributed by atoms with Crippen LogP contribution in [0, 0.1) is 11.3 Å². The number of carbonyl (C=O) groups is 1. The molecule has 0 unspecified atom stereocenters. The highest BCUT2D eigenvalue weighted by Gasteiger charge is 2.46. The van der Waals surface area contributed by atoms with E-state index in [4.69, 9.17) is 0 Å². The van der Waals surface area contributed by atoms with Gasteiger partial charge in [-0.15, -0.1) is 0 Å². The Bertz CT molecular complexity index is 1360. The number of carbonyl (C=O) groups excluding carboxylic acids is 1. The molecule has 9 nitrogen and oxygen atoms in total. The van der Waals surface area contributed by atoms with E-state index in [2.05, 4.69) is 60.5 Å². The molecule has 1 fully saturated rings. The lowest BCUT2D eigenvalue weighted by Gasteiger charge is -2.27. The second-order valence-electron chi connectivity index (χ2n) is 9.84. The molecule has 1 aliphatic heterocycles. The molecular formula is C27H30N8O. The molecule has 2 aromatic heterocycles. The number of benzene rings is 1. The summed E-state index contributed by atoms with van der Waals surface area (Å²) >= 11 is 0. The molecule has 36 heavy (non-hydrogen) atoms. The van der Waals surface area contributed by atoms with Crippen LogP contribution in [0.2, 0.25) is 0 Å². The maximum atomic E-state index is 12.7. The number of nitrogens with one attached hydrogen (secondary N) is 4. The van der Waals surface area contributed by atoms with Crippen LogP contribution in [-0.4, -0.2) is 33.9 Å². The Labute approximate surface area is 210 Å². The Morgan fingerprint density at radius 3 is 2.78 bits per heavy atom. The van der Waals surface area contributed by atoms with Gasteiger partial charge in [0.1, 0.15) is 17.2 Å². The average Bonchev–Trinajstić information content (AvgIpc) is 3.64. The zero-order valence-electron chi connectivity index (χ0n) is 20.8. The van der Waals surface area contributed by atoms with Crippen molar-refractivity contribution in [1.82, 2.24) is 25.6 Å². The topological polar surface area (TPSA) is 128 Å². The quantitative estimate of drug-likeness (QED) is 0.397. The van der Waals surface area contributed by atoms with Crippen LogP contribution in [0.4, 0.5) is 23.3 Å². The second kappa shape index (κ2) is 9.21. The fourth-order valence-electron chi connectivity index (χ4n) is 4.57. The van der Waals surface area contributed by atoms with Crippen LogP contribution in [0.25, 0.3) is 0 Å². The van der Waals surface area contributed by atoms with E-state index in [9.17, 15) is 10.1 Å². The first-order valence-electron chi connectivity index (χ1n) is 12.3. The molecule has 1 amide bonds. The number of rotatable bonds is 7. The molecule has 0 atom stereocenters. The van der Waals surface area contributed by atoms with Gasteiger partial charge in [-0.05, 0) is 75.4 Å². The van der Waals surface area contributed by atoms with Gasteiger partial charge >= 0.3 is 0 Å². The highest BCUT2D eigenvalue weighted by atomic mass is 16.1.